The van der Waals surface area contributed by atoms with Crippen molar-refractivity contribution < 1.29 is 12.8 Å². The molecular weight excluding hydrogens is 391 g/mol. The van der Waals surface area contributed by atoms with E-state index in [-0.39, 0.29) is 17.1 Å². The minimum atomic E-state index is -3.69. The quantitative estimate of drug-likeness (QED) is 0.731. The first kappa shape index (κ1) is 20.2. The van der Waals surface area contributed by atoms with Gasteiger partial charge in [-0.15, -0.1) is 0 Å². The average Bonchev–Trinajstić information content (AvgIpc) is 2.66. The summed E-state index contributed by atoms with van der Waals surface area (Å²) in [6.45, 7) is 2.66. The van der Waals surface area contributed by atoms with Gasteiger partial charge in [-0.3, -0.25) is 9.88 Å². The molecule has 0 aliphatic carbocycles. The van der Waals surface area contributed by atoms with Crippen molar-refractivity contribution in [2.24, 2.45) is 0 Å². The van der Waals surface area contributed by atoms with E-state index in [9.17, 15) is 12.8 Å². The van der Waals surface area contributed by atoms with Crippen LogP contribution in [0.15, 0.2) is 42.7 Å². The summed E-state index contributed by atoms with van der Waals surface area (Å²) in [4.78, 5) is 6.29. The third-order valence-corrected chi connectivity index (χ3v) is 6.91. The predicted octanol–water partition coefficient (Wildman–Crippen LogP) is 2.37. The molecule has 1 fully saturated rings. The Balaban J connectivity index is 1.61. The van der Waals surface area contributed by atoms with Crippen LogP contribution in [-0.2, 0) is 23.3 Å². The lowest BCUT2D eigenvalue weighted by Gasteiger charge is -2.35. The largest absolute Gasteiger partial charge is 0.296 e. The van der Waals surface area contributed by atoms with Crippen LogP contribution < -0.4 is 0 Å². The summed E-state index contributed by atoms with van der Waals surface area (Å²) < 4.78 is 42.2. The molecule has 0 amide bonds. The third kappa shape index (κ3) is 4.83. The van der Waals surface area contributed by atoms with Crippen LogP contribution in [0.5, 0.6) is 0 Å². The van der Waals surface area contributed by atoms with Crippen molar-refractivity contribution in [3.05, 3.63) is 64.7 Å². The van der Waals surface area contributed by atoms with Gasteiger partial charge in [0.15, 0.2) is 0 Å². The molecule has 2 aromatic rings. The summed E-state index contributed by atoms with van der Waals surface area (Å²) in [6, 6.07) is 8.22. The van der Waals surface area contributed by atoms with Crippen LogP contribution in [0.25, 0.3) is 0 Å². The number of halogens is 2. The van der Waals surface area contributed by atoms with Gasteiger partial charge < -0.3 is 0 Å². The van der Waals surface area contributed by atoms with Crippen molar-refractivity contribution in [3.8, 4) is 0 Å². The maximum atomic E-state index is 14.0. The highest BCUT2D eigenvalue weighted by atomic mass is 35.5. The van der Waals surface area contributed by atoms with Crippen LogP contribution in [0.3, 0.4) is 0 Å². The summed E-state index contributed by atoms with van der Waals surface area (Å²) in [5.74, 6) is -0.508. The summed E-state index contributed by atoms with van der Waals surface area (Å²) in [7, 11) is -2.24. The lowest BCUT2D eigenvalue weighted by atomic mass is 10.2. The number of hydrogen-bond donors (Lipinski definition) is 0. The molecule has 9 heteroatoms. The van der Waals surface area contributed by atoms with E-state index in [0.717, 1.165) is 16.4 Å². The van der Waals surface area contributed by atoms with Gasteiger partial charge in [-0.2, -0.15) is 17.0 Å². The molecule has 1 aromatic carbocycles. The molecule has 1 aromatic heterocycles. The van der Waals surface area contributed by atoms with Crippen LogP contribution in [-0.4, -0.2) is 60.1 Å². The van der Waals surface area contributed by atoms with Gasteiger partial charge in [-0.05, 0) is 23.8 Å². The first-order valence-corrected chi connectivity index (χ1v) is 10.4. The van der Waals surface area contributed by atoms with Crippen molar-refractivity contribution in [1.82, 2.24) is 18.5 Å². The number of nitrogens with zero attached hydrogens (tertiary/aromatic N) is 4. The van der Waals surface area contributed by atoms with E-state index in [1.165, 1.54) is 23.5 Å². The van der Waals surface area contributed by atoms with E-state index < -0.39 is 16.0 Å². The van der Waals surface area contributed by atoms with Gasteiger partial charge in [-0.1, -0.05) is 23.7 Å². The molecule has 1 aliphatic rings. The average molecular weight is 413 g/mol. The number of rotatable bonds is 6. The molecule has 0 unspecified atom stereocenters. The van der Waals surface area contributed by atoms with Crippen molar-refractivity contribution >= 4 is 21.8 Å². The van der Waals surface area contributed by atoms with Gasteiger partial charge in [0.05, 0.1) is 0 Å². The Bertz CT molecular complexity index is 854. The van der Waals surface area contributed by atoms with E-state index in [4.69, 9.17) is 11.6 Å². The van der Waals surface area contributed by atoms with Gasteiger partial charge in [0.25, 0.3) is 10.2 Å². The van der Waals surface area contributed by atoms with Crippen LogP contribution in [0, 0.1) is 5.82 Å². The molecule has 6 nitrogen and oxygen atoms in total. The van der Waals surface area contributed by atoms with E-state index >= 15 is 0 Å². The fraction of sp³-hybridized carbons (Fsp3) is 0.389. The molecule has 0 N–H and O–H groups in total. The van der Waals surface area contributed by atoms with E-state index in [1.807, 2.05) is 18.3 Å². The van der Waals surface area contributed by atoms with Crippen LogP contribution in [0.1, 0.15) is 11.1 Å². The zero-order chi connectivity index (χ0) is 19.4. The lowest BCUT2D eigenvalue weighted by Crippen LogP contribution is -2.51. The molecule has 0 spiro atoms. The minimum Gasteiger partial charge on any atom is -0.296 e. The minimum absolute atomic E-state index is 0.107. The highest BCUT2D eigenvalue weighted by Gasteiger charge is 2.31. The maximum absolute atomic E-state index is 14.0. The van der Waals surface area contributed by atoms with Gasteiger partial charge >= 0.3 is 0 Å². The Labute approximate surface area is 164 Å². The van der Waals surface area contributed by atoms with Gasteiger partial charge in [0.1, 0.15) is 5.82 Å². The topological polar surface area (TPSA) is 56.8 Å². The van der Waals surface area contributed by atoms with Crippen LogP contribution >= 0.6 is 11.6 Å². The summed E-state index contributed by atoms with van der Waals surface area (Å²) in [5.41, 5.74) is 1.28. The monoisotopic (exact) mass is 412 g/mol. The van der Waals surface area contributed by atoms with Gasteiger partial charge in [-0.25, -0.2) is 4.39 Å². The second-order valence-electron chi connectivity index (χ2n) is 6.50. The third-order valence-electron chi connectivity index (χ3n) is 4.62. The fourth-order valence-electron chi connectivity index (χ4n) is 3.05. The Kier molecular flexibility index (Phi) is 6.44. The molecule has 1 saturated heterocycles. The lowest BCUT2D eigenvalue weighted by molar-refractivity contribution is 0.175. The summed E-state index contributed by atoms with van der Waals surface area (Å²) >= 11 is 6.02. The Morgan fingerprint density at radius 2 is 1.93 bits per heavy atom. The summed E-state index contributed by atoms with van der Waals surface area (Å²) in [5, 5.41) is 0.221. The molecule has 0 bridgehead atoms. The second-order valence-corrected chi connectivity index (χ2v) is 8.94. The normalized spacial score (nSPS) is 16.7. The predicted molar refractivity (Wildman–Crippen MR) is 103 cm³/mol. The summed E-state index contributed by atoms with van der Waals surface area (Å²) in [6.07, 6.45) is 3.54. The van der Waals surface area contributed by atoms with Crippen LogP contribution in [0.4, 0.5) is 4.39 Å². The molecule has 1 aliphatic heterocycles. The Morgan fingerprint density at radius 1 is 1.19 bits per heavy atom. The van der Waals surface area contributed by atoms with Crippen molar-refractivity contribution in [2.45, 2.75) is 13.1 Å². The van der Waals surface area contributed by atoms with E-state index in [1.54, 1.807) is 12.3 Å². The number of pyridine rings is 1. The van der Waals surface area contributed by atoms with Gasteiger partial charge in [0, 0.05) is 69.3 Å². The Hall–Kier alpha value is -1.58. The zero-order valence-electron chi connectivity index (χ0n) is 15.1. The van der Waals surface area contributed by atoms with Crippen molar-refractivity contribution in [1.29, 1.82) is 0 Å². The Morgan fingerprint density at radius 3 is 2.56 bits per heavy atom. The van der Waals surface area contributed by atoms with E-state index in [0.29, 0.717) is 26.2 Å². The number of piperazine rings is 1. The maximum Gasteiger partial charge on any atom is 0.282 e. The van der Waals surface area contributed by atoms with Gasteiger partial charge in [0.2, 0.25) is 0 Å². The first-order chi connectivity index (χ1) is 12.9. The second kappa shape index (κ2) is 8.62. The highest BCUT2D eigenvalue weighted by Crippen LogP contribution is 2.22. The number of hydrogen-bond acceptors (Lipinski definition) is 4. The molecule has 2 heterocycles. The molecule has 0 saturated carbocycles. The standard InChI is InChI=1S/C18H22ClFN4O2S/c1-22(14-16-17(19)5-2-6-18(16)20)27(25,26)24-10-8-23(9-11-24)13-15-4-3-7-21-12-15/h2-7,12H,8-11,13-14H2,1H3. The number of aromatic nitrogens is 1. The molecule has 27 heavy (non-hydrogen) atoms. The highest BCUT2D eigenvalue weighted by molar-refractivity contribution is 7.86. The molecule has 0 atom stereocenters. The van der Waals surface area contributed by atoms with Crippen molar-refractivity contribution in [2.75, 3.05) is 33.2 Å². The number of benzene rings is 1. The SMILES string of the molecule is CN(Cc1c(F)cccc1Cl)S(=O)(=O)N1CCN(Cc2cccnc2)CC1. The van der Waals surface area contributed by atoms with E-state index in [2.05, 4.69) is 9.88 Å². The smallest absolute Gasteiger partial charge is 0.282 e. The molecular formula is C18H22ClFN4O2S. The van der Waals surface area contributed by atoms with Crippen molar-refractivity contribution in [3.63, 3.8) is 0 Å². The molecule has 146 valence electrons. The fourth-order valence-corrected chi connectivity index (χ4v) is 4.59. The van der Waals surface area contributed by atoms with Crippen LogP contribution in [0.2, 0.25) is 5.02 Å². The first-order valence-electron chi connectivity index (χ1n) is 8.63. The molecule has 3 rings (SSSR count). The zero-order valence-corrected chi connectivity index (χ0v) is 16.6. The molecule has 0 radical (unpaired) electrons.